The third kappa shape index (κ3) is 1.63. The van der Waals surface area contributed by atoms with Gasteiger partial charge in [-0.25, -0.2) is 0 Å². The van der Waals surface area contributed by atoms with Crippen LogP contribution in [-0.4, -0.2) is 30.9 Å². The molecule has 0 aliphatic rings. The molecule has 2 heterocycles. The summed E-state index contributed by atoms with van der Waals surface area (Å²) < 4.78 is 1.58. The number of H-pyrrole nitrogens is 2. The number of nitrogens with one attached hydrogen (secondary N) is 2. The standard InChI is InChI=1S/C8H9N5O2S/c1-4(7(14)15)13-6(11-12-8(13)16)5-2-3-9-10-5/h2-4H,1H3,(H,9,10)(H,12,16)(H,14,15)/p-1/t4-/m0/s1. The molecule has 0 amide bonds. The third-order valence-corrected chi connectivity index (χ3v) is 2.46. The number of hydrogen-bond acceptors (Lipinski definition) is 5. The molecule has 0 saturated heterocycles. The van der Waals surface area contributed by atoms with Crippen molar-refractivity contribution in [1.29, 1.82) is 0 Å². The number of carboxylic acid groups (broad SMARTS) is 1. The average Bonchev–Trinajstić information content (AvgIpc) is 2.84. The number of carbonyl (C=O) groups is 1. The minimum atomic E-state index is -1.22. The zero-order chi connectivity index (χ0) is 11.7. The Morgan fingerprint density at radius 3 is 2.94 bits per heavy atom. The molecule has 2 aromatic rings. The van der Waals surface area contributed by atoms with Crippen molar-refractivity contribution in [1.82, 2.24) is 25.0 Å². The Morgan fingerprint density at radius 1 is 1.62 bits per heavy atom. The number of hydrogen-bond donors (Lipinski definition) is 2. The van der Waals surface area contributed by atoms with E-state index in [1.807, 2.05) is 0 Å². The number of carboxylic acids is 1. The second-order valence-electron chi connectivity index (χ2n) is 3.19. The summed E-state index contributed by atoms with van der Waals surface area (Å²) in [5.41, 5.74) is 0.584. The maximum Gasteiger partial charge on any atom is 0.196 e. The molecule has 16 heavy (non-hydrogen) atoms. The lowest BCUT2D eigenvalue weighted by molar-refractivity contribution is -0.309. The molecular weight excluding hydrogens is 230 g/mol. The predicted octanol–water partition coefficient (Wildman–Crippen LogP) is -0.358. The maximum absolute atomic E-state index is 10.8. The Kier molecular flexibility index (Phi) is 2.57. The first-order valence-electron chi connectivity index (χ1n) is 4.48. The molecule has 0 radical (unpaired) electrons. The lowest BCUT2D eigenvalue weighted by Crippen LogP contribution is -2.32. The molecule has 0 bridgehead atoms. The Morgan fingerprint density at radius 2 is 2.38 bits per heavy atom. The third-order valence-electron chi connectivity index (χ3n) is 2.17. The molecule has 1 atom stereocenters. The monoisotopic (exact) mass is 238 g/mol. The van der Waals surface area contributed by atoms with Crippen molar-refractivity contribution < 1.29 is 9.90 Å². The predicted molar refractivity (Wildman–Crippen MR) is 54.7 cm³/mol. The molecule has 0 unspecified atom stereocenters. The lowest BCUT2D eigenvalue weighted by atomic mass is 10.3. The average molecular weight is 238 g/mol. The van der Waals surface area contributed by atoms with Crippen LogP contribution in [0.5, 0.6) is 0 Å². The van der Waals surface area contributed by atoms with Crippen LogP contribution in [0.1, 0.15) is 13.0 Å². The summed E-state index contributed by atoms with van der Waals surface area (Å²) in [6, 6.07) is 0.772. The second-order valence-corrected chi connectivity index (χ2v) is 3.57. The number of aliphatic carboxylic acids is 1. The topological polar surface area (TPSA) is 102 Å². The fraction of sp³-hybridized carbons (Fsp3) is 0.250. The SMILES string of the molecule is C[C@@H](C(=O)[O-])n1c(-c2ccn[nH]2)n[nH]c1=S. The Hall–Kier alpha value is -1.96. The largest absolute Gasteiger partial charge is 0.548 e. The highest BCUT2D eigenvalue weighted by atomic mass is 32.1. The van der Waals surface area contributed by atoms with Crippen LogP contribution in [0.25, 0.3) is 11.5 Å². The van der Waals surface area contributed by atoms with E-state index in [0.29, 0.717) is 11.5 Å². The van der Waals surface area contributed by atoms with Gasteiger partial charge < -0.3 is 9.90 Å². The summed E-state index contributed by atoms with van der Waals surface area (Å²) in [6.45, 7) is 1.47. The molecule has 2 rings (SSSR count). The Bertz CT molecular complexity index is 555. The van der Waals surface area contributed by atoms with Crippen molar-refractivity contribution in [2.45, 2.75) is 13.0 Å². The Labute approximate surface area is 95.1 Å². The molecule has 8 heteroatoms. The molecule has 2 aromatic heterocycles. The lowest BCUT2D eigenvalue weighted by Gasteiger charge is -2.15. The van der Waals surface area contributed by atoms with E-state index in [2.05, 4.69) is 20.4 Å². The molecule has 84 valence electrons. The quantitative estimate of drug-likeness (QED) is 0.711. The van der Waals surface area contributed by atoms with Crippen molar-refractivity contribution in [3.05, 3.63) is 17.0 Å². The van der Waals surface area contributed by atoms with Crippen LogP contribution in [-0.2, 0) is 4.79 Å². The first-order chi connectivity index (χ1) is 7.61. The van der Waals surface area contributed by atoms with Gasteiger partial charge in [0, 0.05) is 6.20 Å². The number of carbonyl (C=O) groups excluding carboxylic acids is 1. The van der Waals surface area contributed by atoms with Crippen LogP contribution < -0.4 is 5.11 Å². The van der Waals surface area contributed by atoms with Crippen molar-refractivity contribution >= 4 is 18.2 Å². The fourth-order valence-corrected chi connectivity index (χ4v) is 1.63. The van der Waals surface area contributed by atoms with Gasteiger partial charge >= 0.3 is 0 Å². The van der Waals surface area contributed by atoms with Gasteiger partial charge in [0.25, 0.3) is 0 Å². The van der Waals surface area contributed by atoms with Crippen LogP contribution in [0.15, 0.2) is 12.3 Å². The van der Waals surface area contributed by atoms with Gasteiger partial charge in [0.2, 0.25) is 0 Å². The number of aromatic amines is 2. The Balaban J connectivity index is 2.57. The highest BCUT2D eigenvalue weighted by molar-refractivity contribution is 7.71. The first-order valence-corrected chi connectivity index (χ1v) is 4.89. The van der Waals surface area contributed by atoms with E-state index in [9.17, 15) is 9.90 Å². The van der Waals surface area contributed by atoms with Crippen LogP contribution in [0, 0.1) is 4.77 Å². The van der Waals surface area contributed by atoms with E-state index in [1.54, 1.807) is 12.3 Å². The van der Waals surface area contributed by atoms with E-state index in [-0.39, 0.29) is 4.77 Å². The van der Waals surface area contributed by atoms with Gasteiger partial charge in [0.15, 0.2) is 10.6 Å². The second kappa shape index (κ2) is 3.89. The molecule has 7 nitrogen and oxygen atoms in total. The molecule has 0 fully saturated rings. The summed E-state index contributed by atoms with van der Waals surface area (Å²) in [5, 5.41) is 23.8. The fourth-order valence-electron chi connectivity index (χ4n) is 1.34. The summed E-state index contributed by atoms with van der Waals surface area (Å²) >= 11 is 4.96. The van der Waals surface area contributed by atoms with Crippen molar-refractivity contribution in [2.24, 2.45) is 0 Å². The minimum absolute atomic E-state index is 0.223. The molecule has 0 aliphatic carbocycles. The minimum Gasteiger partial charge on any atom is -0.548 e. The van der Waals surface area contributed by atoms with Gasteiger partial charge in [-0.2, -0.15) is 10.2 Å². The molecule has 2 N–H and O–H groups in total. The van der Waals surface area contributed by atoms with Crippen LogP contribution >= 0.6 is 12.2 Å². The summed E-state index contributed by atoms with van der Waals surface area (Å²) in [7, 11) is 0. The molecule has 0 aromatic carbocycles. The normalized spacial score (nSPS) is 12.6. The highest BCUT2D eigenvalue weighted by Gasteiger charge is 2.15. The van der Waals surface area contributed by atoms with E-state index in [1.165, 1.54) is 11.5 Å². The maximum atomic E-state index is 10.8. The molecule has 0 spiro atoms. The van der Waals surface area contributed by atoms with Crippen molar-refractivity contribution in [3.63, 3.8) is 0 Å². The van der Waals surface area contributed by atoms with Crippen molar-refractivity contribution in [3.8, 4) is 11.5 Å². The van der Waals surface area contributed by atoms with E-state index in [0.717, 1.165) is 0 Å². The van der Waals surface area contributed by atoms with E-state index >= 15 is 0 Å². The molecular formula is C8H8N5O2S-. The van der Waals surface area contributed by atoms with Gasteiger partial charge in [0.1, 0.15) is 5.69 Å². The first kappa shape index (κ1) is 10.6. The van der Waals surface area contributed by atoms with Crippen molar-refractivity contribution in [2.75, 3.05) is 0 Å². The van der Waals surface area contributed by atoms with Crippen LogP contribution in [0.2, 0.25) is 0 Å². The van der Waals surface area contributed by atoms with Crippen LogP contribution in [0.4, 0.5) is 0 Å². The van der Waals surface area contributed by atoms with Gasteiger partial charge in [-0.1, -0.05) is 0 Å². The summed E-state index contributed by atoms with van der Waals surface area (Å²) in [5.74, 6) is -0.836. The molecule has 0 saturated carbocycles. The highest BCUT2D eigenvalue weighted by Crippen LogP contribution is 2.18. The summed E-state index contributed by atoms with van der Waals surface area (Å²) in [4.78, 5) is 10.8. The van der Waals surface area contributed by atoms with Gasteiger partial charge in [-0.05, 0) is 25.2 Å². The summed E-state index contributed by atoms with van der Waals surface area (Å²) in [6.07, 6.45) is 1.54. The zero-order valence-electron chi connectivity index (χ0n) is 8.30. The number of nitrogens with zero attached hydrogens (tertiary/aromatic N) is 3. The van der Waals surface area contributed by atoms with Gasteiger partial charge in [-0.15, -0.1) is 0 Å². The number of rotatable bonds is 3. The molecule has 0 aliphatic heterocycles. The van der Waals surface area contributed by atoms with Gasteiger partial charge in [-0.3, -0.25) is 14.8 Å². The number of aromatic nitrogens is 5. The van der Waals surface area contributed by atoms with Crippen LogP contribution in [0.3, 0.4) is 0 Å². The zero-order valence-corrected chi connectivity index (χ0v) is 9.11. The van der Waals surface area contributed by atoms with E-state index < -0.39 is 12.0 Å². The van der Waals surface area contributed by atoms with Gasteiger partial charge in [0.05, 0.1) is 12.0 Å². The smallest absolute Gasteiger partial charge is 0.196 e. The van der Waals surface area contributed by atoms with E-state index in [4.69, 9.17) is 12.2 Å².